The van der Waals surface area contributed by atoms with Gasteiger partial charge in [0, 0.05) is 51.5 Å². The number of nitrogens with zero attached hydrogens (tertiary/aromatic N) is 3. The molecule has 0 spiro atoms. The first-order valence-corrected chi connectivity index (χ1v) is 26.1. The summed E-state index contributed by atoms with van der Waals surface area (Å²) < 4.78 is 30.3. The quantitative estimate of drug-likeness (QED) is 0.0505. The Bertz CT molecular complexity index is 1600. The molecule has 5 aliphatic carbocycles. The van der Waals surface area contributed by atoms with Gasteiger partial charge in [0.2, 0.25) is 0 Å². The molecule has 4 fully saturated rings. The number of aromatic nitrogens is 2. The first-order valence-electron chi connectivity index (χ1n) is 26.1. The number of primary amides is 1. The molecule has 1 aromatic carbocycles. The van der Waals surface area contributed by atoms with Crippen molar-refractivity contribution in [1.82, 2.24) is 14.7 Å². The van der Waals surface area contributed by atoms with Crippen LogP contribution in [0.2, 0.25) is 0 Å². The first-order chi connectivity index (χ1) is 31.7. The van der Waals surface area contributed by atoms with Crippen molar-refractivity contribution >= 4 is 17.4 Å². The molecule has 2 aromatic rings. The number of aryl methyl sites for hydroxylation is 1. The fourth-order valence-electron chi connectivity index (χ4n) is 10.3. The van der Waals surface area contributed by atoms with E-state index in [-0.39, 0.29) is 75.0 Å². The molecule has 7 rings (SSSR count). The second-order valence-electron chi connectivity index (χ2n) is 20.1. The van der Waals surface area contributed by atoms with Crippen molar-refractivity contribution in [2.45, 2.75) is 162 Å². The van der Waals surface area contributed by atoms with Gasteiger partial charge in [0.25, 0.3) is 5.91 Å². The summed E-state index contributed by atoms with van der Waals surface area (Å²) in [5, 5.41) is 8.05. The fraction of sp³-hybridized carbons (Fsp3) is 0.737. The molecule has 412 valence electrons. The van der Waals surface area contributed by atoms with Crippen LogP contribution < -0.4 is 11.1 Å². The fourth-order valence-corrected chi connectivity index (χ4v) is 10.3. The van der Waals surface area contributed by atoms with E-state index >= 15 is 0 Å². The number of carbonyl (C=O) groups is 2. The van der Waals surface area contributed by atoms with Crippen molar-refractivity contribution in [2.75, 3.05) is 97.6 Å². The Morgan fingerprint density at radius 1 is 0.662 bits per heavy atom. The number of hydrogen-bond acceptors (Lipinski definition) is 10. The summed E-state index contributed by atoms with van der Waals surface area (Å²) in [6.07, 6.45) is 29.4. The molecule has 0 atom stereocenters. The van der Waals surface area contributed by atoms with Gasteiger partial charge in [0.1, 0.15) is 0 Å². The maximum Gasteiger partial charge on any atom is 2.00 e. The molecular formula is C57H101Fe2N5O7. The summed E-state index contributed by atoms with van der Waals surface area (Å²) in [5.74, 6) is 1.45. The molecule has 1 amide bonds. The predicted molar refractivity (Wildman–Crippen MR) is 287 cm³/mol. The minimum atomic E-state index is -0.509. The number of fused-ring (bicyclic) bond motifs is 1. The molecule has 0 aliphatic heterocycles. The largest absolute Gasteiger partial charge is 2.00 e. The molecule has 14 heteroatoms. The van der Waals surface area contributed by atoms with Crippen molar-refractivity contribution in [1.29, 1.82) is 0 Å². The molecule has 0 unspecified atom stereocenters. The normalized spacial score (nSPS) is 16.9. The van der Waals surface area contributed by atoms with E-state index in [4.69, 9.17) is 34.5 Å². The molecule has 71 heavy (non-hydrogen) atoms. The summed E-state index contributed by atoms with van der Waals surface area (Å²) in [6.45, 7) is 16.0. The summed E-state index contributed by atoms with van der Waals surface area (Å²) in [6, 6.07) is 5.41. The van der Waals surface area contributed by atoms with Gasteiger partial charge in [0.05, 0.1) is 81.1 Å². The van der Waals surface area contributed by atoms with Crippen molar-refractivity contribution in [2.24, 2.45) is 23.0 Å². The topological polar surface area (TPSA) is 139 Å². The first kappa shape index (κ1) is 71.2. The Balaban J connectivity index is 0. The van der Waals surface area contributed by atoms with Gasteiger partial charge in [-0.2, -0.15) is 5.10 Å². The summed E-state index contributed by atoms with van der Waals surface area (Å²) in [7, 11) is 0. The Morgan fingerprint density at radius 3 is 1.52 bits per heavy atom. The monoisotopic (exact) mass is 1080 g/mol. The van der Waals surface area contributed by atoms with Crippen LogP contribution in [0.4, 0.5) is 5.69 Å². The Kier molecular flexibility index (Phi) is 41.6. The van der Waals surface area contributed by atoms with Gasteiger partial charge in [-0.1, -0.05) is 104 Å². The number of rotatable bonds is 27. The average molecular weight is 1080 g/mol. The van der Waals surface area contributed by atoms with Crippen LogP contribution in [0.15, 0.2) is 18.2 Å². The van der Waals surface area contributed by atoms with E-state index in [1.54, 1.807) is 6.07 Å². The zero-order valence-corrected chi connectivity index (χ0v) is 48.0. The van der Waals surface area contributed by atoms with Crippen LogP contribution in [0.25, 0.3) is 5.69 Å². The summed E-state index contributed by atoms with van der Waals surface area (Å²) >= 11 is 0. The number of ether oxygens (including phenoxy) is 5. The standard InChI is InChI=1S/C43H69N5O7.2C5H10.4CH3.2Fe/c1-33-41-39(29-43(2,3)30-40(41)49)48(46-33)36-14-15-37(42(44)50)38(28-36)45-16-8-18-51-20-22-53-24-26-55-27-25-54-23-21-52-19-9-17-47(31-34-10-4-5-11-34)32-35-12-6-7-13-35;2*1-2-4-5-3-1;;;;;;/h14-15,28,34-35,45H,4-13,16-27,29-32H2,1-3H3,(H2,44,50);2*1-5H2;4*1H3;;/q;;;4*-1;2*+2. The third-order valence-corrected chi connectivity index (χ3v) is 13.7. The van der Waals surface area contributed by atoms with E-state index in [1.165, 1.54) is 129 Å². The molecule has 0 radical (unpaired) electrons. The van der Waals surface area contributed by atoms with Gasteiger partial charge in [-0.25, -0.2) is 4.68 Å². The minimum absolute atomic E-state index is 0. The van der Waals surface area contributed by atoms with Crippen LogP contribution in [0.1, 0.15) is 181 Å². The smallest absolute Gasteiger partial charge is 0.384 e. The zero-order valence-electron chi connectivity index (χ0n) is 45.8. The molecule has 5 aliphatic rings. The van der Waals surface area contributed by atoms with E-state index in [1.807, 2.05) is 23.7 Å². The number of nitrogens with one attached hydrogen (secondary N) is 1. The molecule has 3 N–H and O–H groups in total. The minimum Gasteiger partial charge on any atom is -0.384 e. The number of hydrogen-bond donors (Lipinski definition) is 2. The van der Waals surface area contributed by atoms with Crippen molar-refractivity contribution in [3.8, 4) is 5.69 Å². The number of carbonyl (C=O) groups excluding carboxylic acids is 2. The predicted octanol–water partition coefficient (Wildman–Crippen LogP) is 12.1. The van der Waals surface area contributed by atoms with E-state index in [9.17, 15) is 9.59 Å². The van der Waals surface area contributed by atoms with Crippen molar-refractivity contribution in [3.05, 3.63) is 70.4 Å². The van der Waals surface area contributed by atoms with E-state index < -0.39 is 5.91 Å². The van der Waals surface area contributed by atoms with E-state index in [2.05, 4.69) is 24.1 Å². The van der Waals surface area contributed by atoms with Crippen LogP contribution in [0.3, 0.4) is 0 Å². The Morgan fingerprint density at radius 2 is 1.08 bits per heavy atom. The average Bonchev–Trinajstić information content (AvgIpc) is 4.15. The second kappa shape index (κ2) is 41.4. The maximum absolute atomic E-state index is 12.9. The molecule has 4 saturated carbocycles. The SMILES string of the molecule is C1CCCC1.C1CCCC1.Cc1nn(-c2ccc(C(N)=O)c(NCCCOCCOCCOCCOCCOCCCN(CC3CCCC3)CC3CCCC3)c2)c2c1C(=O)CC(C)(C)C2.[CH3-].[CH3-].[CH3-].[CH3-].[Fe+2].[Fe+2]. The van der Waals surface area contributed by atoms with Crippen LogP contribution in [-0.2, 0) is 64.2 Å². The molecule has 1 aromatic heterocycles. The van der Waals surface area contributed by atoms with Gasteiger partial charge >= 0.3 is 34.1 Å². The number of nitrogens with two attached hydrogens (primary N) is 1. The van der Waals surface area contributed by atoms with Crippen molar-refractivity contribution < 1.29 is 67.4 Å². The zero-order chi connectivity index (χ0) is 46.0. The van der Waals surface area contributed by atoms with E-state index in [0.29, 0.717) is 89.2 Å². The number of amides is 1. The van der Waals surface area contributed by atoms with Crippen molar-refractivity contribution in [3.63, 3.8) is 0 Å². The number of ketones is 1. The van der Waals surface area contributed by atoms with Crippen LogP contribution in [-0.4, -0.2) is 119 Å². The number of benzene rings is 1. The van der Waals surface area contributed by atoms with Gasteiger partial charge in [-0.3, -0.25) is 9.59 Å². The van der Waals surface area contributed by atoms with Crippen LogP contribution >= 0.6 is 0 Å². The molecule has 1 heterocycles. The van der Waals surface area contributed by atoms with E-state index in [0.717, 1.165) is 61.3 Å². The summed E-state index contributed by atoms with van der Waals surface area (Å²) in [5.41, 5.74) is 9.71. The second-order valence-corrected chi connectivity index (χ2v) is 20.1. The van der Waals surface area contributed by atoms with Gasteiger partial charge < -0.3 is 69.3 Å². The number of Topliss-reactive ketones (excluding diaryl/α,β-unsaturated/α-hetero) is 1. The van der Waals surface area contributed by atoms with Crippen LogP contribution in [0.5, 0.6) is 0 Å². The molecule has 12 nitrogen and oxygen atoms in total. The maximum atomic E-state index is 12.9. The number of anilines is 1. The molecule has 0 saturated heterocycles. The summed E-state index contributed by atoms with van der Waals surface area (Å²) in [4.78, 5) is 27.8. The van der Waals surface area contributed by atoms with Crippen LogP contribution in [0, 0.1) is 53.9 Å². The van der Waals surface area contributed by atoms with Gasteiger partial charge in [0.15, 0.2) is 5.78 Å². The van der Waals surface area contributed by atoms with Gasteiger partial charge in [-0.05, 0) is 87.3 Å². The Labute approximate surface area is 455 Å². The molecular weight excluding hydrogens is 978 g/mol. The Hall–Kier alpha value is -1.83. The molecule has 0 bridgehead atoms. The van der Waals surface area contributed by atoms with Gasteiger partial charge in [-0.15, -0.1) is 0 Å². The third-order valence-electron chi connectivity index (χ3n) is 13.7. The third kappa shape index (κ3) is 27.5.